The SMILES string of the molecule is CCCCS1(I)C=CC=C1C. The number of unbranched alkanes of at least 4 members (excludes halogenated alkanes) is 1. The van der Waals surface area contributed by atoms with Crippen LogP contribution in [0.4, 0.5) is 0 Å². The molecular formula is C9H15IS. The number of hydrogen-bond acceptors (Lipinski definition) is 0. The number of rotatable bonds is 3. The van der Waals surface area contributed by atoms with Gasteiger partial charge in [0.15, 0.2) is 0 Å². The van der Waals surface area contributed by atoms with Gasteiger partial charge in [0, 0.05) is 0 Å². The number of halogens is 1. The van der Waals surface area contributed by atoms with E-state index in [-0.39, 0.29) is 0 Å². The highest BCUT2D eigenvalue weighted by atomic mass is 127. The molecule has 0 aliphatic carbocycles. The molecule has 0 saturated carbocycles. The summed E-state index contributed by atoms with van der Waals surface area (Å²) in [6, 6.07) is 0. The molecule has 1 heterocycles. The molecule has 1 atom stereocenters. The first-order valence-electron chi connectivity index (χ1n) is 4.05. The fourth-order valence-electron chi connectivity index (χ4n) is 1.10. The van der Waals surface area contributed by atoms with Gasteiger partial charge in [0.2, 0.25) is 0 Å². The lowest BCUT2D eigenvalue weighted by Crippen LogP contribution is -1.92. The van der Waals surface area contributed by atoms with E-state index in [1.807, 2.05) is 0 Å². The van der Waals surface area contributed by atoms with Crippen molar-refractivity contribution in [3.63, 3.8) is 0 Å². The number of hydrogen-bond donors (Lipinski definition) is 0. The Morgan fingerprint density at radius 3 is 2.73 bits per heavy atom. The summed E-state index contributed by atoms with van der Waals surface area (Å²) < 4.78 is 0. The van der Waals surface area contributed by atoms with Crippen molar-refractivity contribution in [1.82, 2.24) is 0 Å². The molecule has 0 amide bonds. The van der Waals surface area contributed by atoms with Crippen LogP contribution >= 0.6 is 28.4 Å². The van der Waals surface area contributed by atoms with Crippen molar-refractivity contribution in [2.24, 2.45) is 0 Å². The molecule has 1 rings (SSSR count). The summed E-state index contributed by atoms with van der Waals surface area (Å²) in [5.74, 6) is 1.38. The third-order valence-corrected chi connectivity index (χ3v) is 8.92. The molecule has 0 fully saturated rings. The Balaban J connectivity index is 2.53. The first-order valence-corrected chi connectivity index (χ1v) is 8.45. The molecular weight excluding hydrogens is 267 g/mol. The van der Waals surface area contributed by atoms with E-state index in [0.29, 0.717) is 0 Å². The molecule has 0 radical (unpaired) electrons. The highest BCUT2D eigenvalue weighted by molar-refractivity contribution is 14.2. The van der Waals surface area contributed by atoms with Crippen LogP contribution in [0.2, 0.25) is 0 Å². The zero-order valence-corrected chi connectivity index (χ0v) is 10.1. The van der Waals surface area contributed by atoms with E-state index in [1.54, 1.807) is 4.91 Å². The Bertz CT molecular complexity index is 196. The van der Waals surface area contributed by atoms with Crippen molar-refractivity contribution in [3.05, 3.63) is 22.5 Å². The summed E-state index contributed by atoms with van der Waals surface area (Å²) in [6.45, 7) is 4.52. The van der Waals surface area contributed by atoms with Crippen LogP contribution in [-0.4, -0.2) is 5.75 Å². The average Bonchev–Trinajstić information content (AvgIpc) is 2.30. The maximum Gasteiger partial charge on any atom is -0.00706 e. The Hall–Kier alpha value is 0.560. The molecule has 0 aromatic carbocycles. The van der Waals surface area contributed by atoms with Gasteiger partial charge >= 0.3 is 0 Å². The van der Waals surface area contributed by atoms with Crippen molar-refractivity contribution in [1.29, 1.82) is 0 Å². The second-order valence-electron chi connectivity index (χ2n) is 2.87. The summed E-state index contributed by atoms with van der Waals surface area (Å²) in [4.78, 5) is 1.59. The highest BCUT2D eigenvalue weighted by Gasteiger charge is 2.20. The Morgan fingerprint density at radius 2 is 2.27 bits per heavy atom. The third kappa shape index (κ3) is 2.25. The summed E-state index contributed by atoms with van der Waals surface area (Å²) in [5, 5.41) is 2.40. The maximum absolute atomic E-state index is 2.64. The lowest BCUT2D eigenvalue weighted by Gasteiger charge is -2.27. The fourth-order valence-corrected chi connectivity index (χ4v) is 5.00. The van der Waals surface area contributed by atoms with Crippen LogP contribution in [0, 0.1) is 0 Å². The molecule has 0 aromatic heterocycles. The third-order valence-electron chi connectivity index (χ3n) is 1.96. The largest absolute Gasteiger partial charge is 0.144 e. The van der Waals surface area contributed by atoms with Crippen molar-refractivity contribution in [2.75, 3.05) is 5.75 Å². The topological polar surface area (TPSA) is 0 Å². The molecule has 0 saturated heterocycles. The van der Waals surface area contributed by atoms with E-state index >= 15 is 0 Å². The van der Waals surface area contributed by atoms with Gasteiger partial charge in [-0.3, -0.25) is 0 Å². The van der Waals surface area contributed by atoms with Crippen molar-refractivity contribution in [2.45, 2.75) is 26.7 Å². The highest BCUT2D eigenvalue weighted by Crippen LogP contribution is 2.66. The summed E-state index contributed by atoms with van der Waals surface area (Å²) in [6.07, 6.45) is 7.16. The monoisotopic (exact) mass is 282 g/mol. The lowest BCUT2D eigenvalue weighted by atomic mass is 10.4. The van der Waals surface area contributed by atoms with Gasteiger partial charge in [-0.2, -0.15) is 0 Å². The van der Waals surface area contributed by atoms with Crippen LogP contribution in [0.25, 0.3) is 0 Å². The molecule has 0 aromatic rings. The molecule has 11 heavy (non-hydrogen) atoms. The molecule has 1 unspecified atom stereocenters. The number of allylic oxidation sites excluding steroid dienone is 3. The predicted octanol–water partition coefficient (Wildman–Crippen LogP) is 4.37. The standard InChI is InChI=1S/C9H15IS/c1-3-4-7-11(10)8-5-6-9(11)2/h5-6,8H,3-4,7H2,1-2H3. The maximum atomic E-state index is 2.64. The lowest BCUT2D eigenvalue weighted by molar-refractivity contribution is 0.895. The normalized spacial score (nSPS) is 35.0. The van der Waals surface area contributed by atoms with Gasteiger partial charge in [0.1, 0.15) is 0 Å². The molecule has 1 aliphatic heterocycles. The molecule has 1 aliphatic rings. The van der Waals surface area contributed by atoms with E-state index in [4.69, 9.17) is 0 Å². The zero-order chi connectivity index (χ0) is 8.32. The van der Waals surface area contributed by atoms with Gasteiger partial charge in [-0.1, -0.05) is 25.5 Å². The van der Waals surface area contributed by atoms with E-state index in [9.17, 15) is 0 Å². The summed E-state index contributed by atoms with van der Waals surface area (Å²) >= 11 is 2.64. The predicted molar refractivity (Wildman–Crippen MR) is 64.3 cm³/mol. The van der Waals surface area contributed by atoms with E-state index < -0.39 is 7.20 Å². The Morgan fingerprint density at radius 1 is 1.55 bits per heavy atom. The van der Waals surface area contributed by atoms with Crippen molar-refractivity contribution < 1.29 is 0 Å². The molecule has 2 heteroatoms. The molecule has 0 spiro atoms. The van der Waals surface area contributed by atoms with Gasteiger partial charge in [0.25, 0.3) is 0 Å². The van der Waals surface area contributed by atoms with Gasteiger partial charge in [0.05, 0.1) is 0 Å². The van der Waals surface area contributed by atoms with Crippen LogP contribution in [0.1, 0.15) is 26.7 Å². The van der Waals surface area contributed by atoms with Crippen LogP contribution < -0.4 is 0 Å². The first kappa shape index (κ1) is 9.65. The second kappa shape index (κ2) is 3.99. The first-order chi connectivity index (χ1) is 5.19. The average molecular weight is 282 g/mol. The zero-order valence-electron chi connectivity index (χ0n) is 7.14. The van der Waals surface area contributed by atoms with Crippen LogP contribution in [0.15, 0.2) is 22.5 Å². The van der Waals surface area contributed by atoms with Gasteiger partial charge < -0.3 is 0 Å². The minimum absolute atomic E-state index is 0.494. The smallest absolute Gasteiger partial charge is 0.00706 e. The van der Waals surface area contributed by atoms with Crippen molar-refractivity contribution >= 4 is 28.4 Å². The molecule has 0 N–H and O–H groups in total. The Kier molecular flexibility index (Phi) is 3.50. The summed E-state index contributed by atoms with van der Waals surface area (Å²) in [5.41, 5.74) is 0. The van der Waals surface area contributed by atoms with Crippen LogP contribution in [0.3, 0.4) is 0 Å². The van der Waals surface area contributed by atoms with E-state index in [2.05, 4.69) is 52.6 Å². The minimum atomic E-state index is -0.494. The van der Waals surface area contributed by atoms with Crippen LogP contribution in [0.5, 0.6) is 0 Å². The summed E-state index contributed by atoms with van der Waals surface area (Å²) in [7, 11) is -0.494. The molecule has 64 valence electrons. The van der Waals surface area contributed by atoms with E-state index in [1.165, 1.54) is 18.6 Å². The van der Waals surface area contributed by atoms with Gasteiger partial charge in [-0.15, -0.1) is 7.20 Å². The molecule has 0 bridgehead atoms. The minimum Gasteiger partial charge on any atom is -0.144 e. The quantitative estimate of drug-likeness (QED) is 0.674. The second-order valence-corrected chi connectivity index (χ2v) is 10.3. The van der Waals surface area contributed by atoms with Crippen molar-refractivity contribution in [3.8, 4) is 0 Å². The van der Waals surface area contributed by atoms with E-state index in [0.717, 1.165) is 0 Å². The van der Waals surface area contributed by atoms with Gasteiger partial charge in [-0.05, 0) is 50.6 Å². The molecule has 0 nitrogen and oxygen atoms in total. The Labute approximate surface area is 83.0 Å². The fraction of sp³-hybridized carbons (Fsp3) is 0.556. The van der Waals surface area contributed by atoms with Crippen LogP contribution in [-0.2, 0) is 0 Å². The van der Waals surface area contributed by atoms with Gasteiger partial charge in [-0.25, -0.2) is 0 Å².